The summed E-state index contributed by atoms with van der Waals surface area (Å²) in [6, 6.07) is 5.36. The number of aliphatic hydroxyl groups is 1. The molecule has 74 valence electrons. The van der Waals surface area contributed by atoms with Crippen LogP contribution in [-0.2, 0) is 4.79 Å². The number of hydrogen-bond acceptors (Lipinski definition) is 3. The van der Waals surface area contributed by atoms with Gasteiger partial charge in [-0.1, -0.05) is 6.07 Å². The fourth-order valence-electron chi connectivity index (χ4n) is 1.43. The summed E-state index contributed by atoms with van der Waals surface area (Å²) in [5.41, 5.74) is 0. The third-order valence-corrected chi connectivity index (χ3v) is 2.41. The number of anilines is 1. The van der Waals surface area contributed by atoms with Crippen LogP contribution in [0.2, 0.25) is 0 Å². The Balaban J connectivity index is 1.90. The molecule has 0 saturated heterocycles. The van der Waals surface area contributed by atoms with Crippen molar-refractivity contribution in [2.75, 3.05) is 11.9 Å². The molecular formula is C10H12N2O2. The minimum atomic E-state index is -0.0391. The molecule has 1 fully saturated rings. The van der Waals surface area contributed by atoms with Crippen LogP contribution in [0.25, 0.3) is 0 Å². The van der Waals surface area contributed by atoms with Crippen LogP contribution in [0, 0.1) is 11.8 Å². The van der Waals surface area contributed by atoms with Crippen LogP contribution >= 0.6 is 0 Å². The van der Waals surface area contributed by atoms with E-state index in [4.69, 9.17) is 5.11 Å². The van der Waals surface area contributed by atoms with Crippen molar-refractivity contribution in [3.8, 4) is 0 Å². The van der Waals surface area contributed by atoms with Gasteiger partial charge >= 0.3 is 0 Å². The Kier molecular flexibility index (Phi) is 2.45. The van der Waals surface area contributed by atoms with Crippen molar-refractivity contribution in [1.29, 1.82) is 0 Å². The third kappa shape index (κ3) is 1.90. The van der Waals surface area contributed by atoms with Crippen molar-refractivity contribution in [2.24, 2.45) is 11.8 Å². The van der Waals surface area contributed by atoms with Crippen LogP contribution in [0.15, 0.2) is 24.4 Å². The summed E-state index contributed by atoms with van der Waals surface area (Å²) in [6.07, 6.45) is 2.42. The van der Waals surface area contributed by atoms with Crippen molar-refractivity contribution in [1.82, 2.24) is 4.98 Å². The summed E-state index contributed by atoms with van der Waals surface area (Å²) in [4.78, 5) is 15.5. The van der Waals surface area contributed by atoms with E-state index in [-0.39, 0.29) is 24.3 Å². The summed E-state index contributed by atoms with van der Waals surface area (Å²) in [7, 11) is 0. The van der Waals surface area contributed by atoms with Crippen molar-refractivity contribution in [3.05, 3.63) is 24.4 Å². The zero-order valence-electron chi connectivity index (χ0n) is 7.68. The monoisotopic (exact) mass is 192 g/mol. The predicted octanol–water partition coefficient (Wildman–Crippen LogP) is 0.648. The minimum absolute atomic E-state index is 0.0259. The Labute approximate surface area is 82.0 Å². The molecule has 0 aromatic carbocycles. The van der Waals surface area contributed by atoms with E-state index in [1.54, 1.807) is 18.3 Å². The molecule has 1 heterocycles. The highest BCUT2D eigenvalue weighted by atomic mass is 16.3. The van der Waals surface area contributed by atoms with Crippen LogP contribution in [0.3, 0.4) is 0 Å². The normalized spacial score (nSPS) is 24.4. The lowest BCUT2D eigenvalue weighted by Gasteiger charge is -2.02. The molecule has 0 bridgehead atoms. The Morgan fingerprint density at radius 1 is 1.64 bits per heavy atom. The lowest BCUT2D eigenvalue weighted by Crippen LogP contribution is -2.16. The van der Waals surface area contributed by atoms with E-state index in [0.29, 0.717) is 5.82 Å². The fourth-order valence-corrected chi connectivity index (χ4v) is 1.43. The first-order valence-electron chi connectivity index (χ1n) is 4.64. The maximum Gasteiger partial charge on any atom is 0.229 e. The van der Waals surface area contributed by atoms with Crippen molar-refractivity contribution in [2.45, 2.75) is 6.42 Å². The Hall–Kier alpha value is -1.42. The van der Waals surface area contributed by atoms with E-state index < -0.39 is 0 Å². The fraction of sp³-hybridized carbons (Fsp3) is 0.400. The number of hydrogen-bond donors (Lipinski definition) is 2. The summed E-state index contributed by atoms with van der Waals surface area (Å²) in [6.45, 7) is 0.0975. The molecule has 2 rings (SSSR count). The van der Waals surface area contributed by atoms with Crippen molar-refractivity contribution >= 4 is 11.7 Å². The number of nitrogens with zero attached hydrogens (tertiary/aromatic N) is 1. The summed E-state index contributed by atoms with van der Waals surface area (Å²) >= 11 is 0. The topological polar surface area (TPSA) is 62.2 Å². The first kappa shape index (κ1) is 9.15. The van der Waals surface area contributed by atoms with E-state index in [9.17, 15) is 4.79 Å². The highest BCUT2D eigenvalue weighted by Crippen LogP contribution is 2.38. The van der Waals surface area contributed by atoms with Gasteiger partial charge in [-0.3, -0.25) is 4.79 Å². The molecule has 4 nitrogen and oxygen atoms in total. The van der Waals surface area contributed by atoms with Gasteiger partial charge in [-0.25, -0.2) is 4.98 Å². The molecule has 1 amide bonds. The second-order valence-electron chi connectivity index (χ2n) is 3.49. The second-order valence-corrected chi connectivity index (χ2v) is 3.49. The highest BCUT2D eigenvalue weighted by molar-refractivity contribution is 5.93. The molecule has 14 heavy (non-hydrogen) atoms. The summed E-state index contributed by atoms with van der Waals surface area (Å²) in [5, 5.41) is 11.5. The molecule has 1 aliphatic rings. The second kappa shape index (κ2) is 3.75. The lowest BCUT2D eigenvalue weighted by molar-refractivity contribution is -0.117. The van der Waals surface area contributed by atoms with E-state index >= 15 is 0 Å². The van der Waals surface area contributed by atoms with Gasteiger partial charge in [-0.15, -0.1) is 0 Å². The van der Waals surface area contributed by atoms with E-state index in [1.165, 1.54) is 0 Å². The number of rotatable bonds is 3. The molecule has 4 heteroatoms. The van der Waals surface area contributed by atoms with E-state index in [2.05, 4.69) is 10.3 Å². The van der Waals surface area contributed by atoms with Crippen molar-refractivity contribution in [3.63, 3.8) is 0 Å². The quantitative estimate of drug-likeness (QED) is 0.739. The molecule has 0 aliphatic heterocycles. The number of carbonyl (C=O) groups excluding carboxylic acids is 1. The van der Waals surface area contributed by atoms with Gasteiger partial charge < -0.3 is 10.4 Å². The van der Waals surface area contributed by atoms with Gasteiger partial charge in [-0.2, -0.15) is 0 Å². The van der Waals surface area contributed by atoms with Gasteiger partial charge in [0.05, 0.1) is 0 Å². The lowest BCUT2D eigenvalue weighted by atomic mass is 10.3. The number of carbonyl (C=O) groups is 1. The minimum Gasteiger partial charge on any atom is -0.396 e. The first-order valence-corrected chi connectivity index (χ1v) is 4.64. The van der Waals surface area contributed by atoms with Crippen LogP contribution in [0.5, 0.6) is 0 Å². The number of pyridine rings is 1. The maximum atomic E-state index is 11.5. The summed E-state index contributed by atoms with van der Waals surface area (Å²) < 4.78 is 0. The first-order chi connectivity index (χ1) is 6.81. The highest BCUT2D eigenvalue weighted by Gasteiger charge is 2.42. The standard InChI is InChI=1S/C10H12N2O2/c13-6-7-5-8(7)10(14)12-9-3-1-2-4-11-9/h1-4,7-8,13H,5-6H2,(H,11,12,14)/t7-,8-/m0/s1. The number of aromatic nitrogens is 1. The van der Waals surface area contributed by atoms with Crippen LogP contribution < -0.4 is 5.32 Å². The SMILES string of the molecule is O=C(Nc1ccccn1)[C@H]1C[C@H]1CO. The van der Waals surface area contributed by atoms with Gasteiger partial charge in [0.2, 0.25) is 5.91 Å². The Bertz CT molecular complexity index is 326. The number of aliphatic hydroxyl groups excluding tert-OH is 1. The molecule has 1 aromatic heterocycles. The Morgan fingerprint density at radius 3 is 3.07 bits per heavy atom. The molecule has 0 radical (unpaired) electrons. The van der Waals surface area contributed by atoms with E-state index in [0.717, 1.165) is 6.42 Å². The predicted molar refractivity (Wildman–Crippen MR) is 51.5 cm³/mol. The van der Waals surface area contributed by atoms with Crippen LogP contribution in [-0.4, -0.2) is 22.6 Å². The smallest absolute Gasteiger partial charge is 0.229 e. The molecule has 1 aliphatic carbocycles. The van der Waals surface area contributed by atoms with Gasteiger partial charge in [0.1, 0.15) is 5.82 Å². The molecule has 0 spiro atoms. The van der Waals surface area contributed by atoms with Crippen LogP contribution in [0.4, 0.5) is 5.82 Å². The Morgan fingerprint density at radius 2 is 2.50 bits per heavy atom. The molecule has 2 N–H and O–H groups in total. The molecular weight excluding hydrogens is 180 g/mol. The zero-order valence-corrected chi connectivity index (χ0v) is 7.68. The average molecular weight is 192 g/mol. The number of nitrogens with one attached hydrogen (secondary N) is 1. The van der Waals surface area contributed by atoms with E-state index in [1.807, 2.05) is 6.07 Å². The average Bonchev–Trinajstić information content (AvgIpc) is 2.98. The number of amides is 1. The van der Waals surface area contributed by atoms with Gasteiger partial charge in [-0.05, 0) is 24.5 Å². The maximum absolute atomic E-state index is 11.5. The molecule has 1 saturated carbocycles. The molecule has 0 unspecified atom stereocenters. The summed E-state index contributed by atoms with van der Waals surface area (Å²) in [5.74, 6) is 0.657. The van der Waals surface area contributed by atoms with Gasteiger partial charge in [0.25, 0.3) is 0 Å². The largest absolute Gasteiger partial charge is 0.396 e. The molecule has 1 aromatic rings. The third-order valence-electron chi connectivity index (χ3n) is 2.41. The van der Waals surface area contributed by atoms with Gasteiger partial charge in [0, 0.05) is 18.7 Å². The van der Waals surface area contributed by atoms with Crippen LogP contribution in [0.1, 0.15) is 6.42 Å². The van der Waals surface area contributed by atoms with Crippen molar-refractivity contribution < 1.29 is 9.90 Å². The molecule has 2 atom stereocenters. The van der Waals surface area contributed by atoms with Gasteiger partial charge in [0.15, 0.2) is 0 Å². The zero-order chi connectivity index (χ0) is 9.97.